The summed E-state index contributed by atoms with van der Waals surface area (Å²) < 4.78 is 25.1. The van der Waals surface area contributed by atoms with Gasteiger partial charge in [-0.2, -0.15) is 5.26 Å². The van der Waals surface area contributed by atoms with Gasteiger partial charge in [0.05, 0.1) is 34.1 Å². The van der Waals surface area contributed by atoms with E-state index >= 15 is 0 Å². The van der Waals surface area contributed by atoms with Crippen molar-refractivity contribution >= 4 is 51.5 Å². The summed E-state index contributed by atoms with van der Waals surface area (Å²) in [5.41, 5.74) is 3.76. The van der Waals surface area contributed by atoms with Crippen LogP contribution in [0.2, 0.25) is 5.02 Å². The average molecular weight is 594 g/mol. The number of pyridine rings is 2. The molecule has 0 aliphatic carbocycles. The number of amides is 1. The number of anilines is 3. The van der Waals surface area contributed by atoms with Crippen LogP contribution in [-0.4, -0.2) is 22.5 Å². The number of nitrogens with zero attached hydrogens (tertiary/aromatic N) is 3. The molecule has 5 aromatic rings. The van der Waals surface area contributed by atoms with Gasteiger partial charge in [0.25, 0.3) is 0 Å². The van der Waals surface area contributed by atoms with Gasteiger partial charge in [0.2, 0.25) is 5.91 Å². The highest BCUT2D eigenvalue weighted by Gasteiger charge is 2.16. The standard InChI is InChI=1S/C33H25ClFN5O3/c1-2-42-31-16-28-26(15-29(31)40-32(41)11-8-21-6-4-12-37-18-21)33(23(17-36)19-38-28)39-25-9-10-30(27(34)14-25)43-20-22-5-3-7-24(35)13-22/h3-16,18-19H,2,20H2,1H3,(H,38,39)(H,40,41)/b11-8+. The first kappa shape index (κ1) is 29.0. The number of fused-ring (bicyclic) bond motifs is 1. The maximum absolute atomic E-state index is 13.5. The Morgan fingerprint density at radius 2 is 1.95 bits per heavy atom. The Hall–Kier alpha value is -5.46. The number of ether oxygens (including phenoxy) is 2. The fraction of sp³-hybridized carbons (Fsp3) is 0.0909. The zero-order chi connectivity index (χ0) is 30.2. The molecule has 0 bridgehead atoms. The van der Waals surface area contributed by atoms with Crippen LogP contribution in [0.25, 0.3) is 17.0 Å². The SMILES string of the molecule is CCOc1cc2ncc(C#N)c(Nc3ccc(OCc4cccc(F)c4)c(Cl)c3)c2cc1NC(=O)/C=C/c1cccnc1. The van der Waals surface area contributed by atoms with E-state index in [0.717, 1.165) is 5.56 Å². The lowest BCUT2D eigenvalue weighted by Crippen LogP contribution is -2.10. The number of carbonyl (C=O) groups excluding carboxylic acids is 1. The van der Waals surface area contributed by atoms with Crippen molar-refractivity contribution in [2.24, 2.45) is 0 Å². The van der Waals surface area contributed by atoms with E-state index in [1.54, 1.807) is 67.0 Å². The number of nitrogens with one attached hydrogen (secondary N) is 2. The Morgan fingerprint density at radius 3 is 2.70 bits per heavy atom. The first-order valence-electron chi connectivity index (χ1n) is 13.3. The fourth-order valence-corrected chi connectivity index (χ4v) is 4.50. The normalized spacial score (nSPS) is 10.8. The average Bonchev–Trinajstić information content (AvgIpc) is 3.01. The Balaban J connectivity index is 1.43. The lowest BCUT2D eigenvalue weighted by atomic mass is 10.1. The minimum Gasteiger partial charge on any atom is -0.492 e. The maximum atomic E-state index is 13.5. The van der Waals surface area contributed by atoms with Crippen molar-refractivity contribution in [1.29, 1.82) is 5.26 Å². The summed E-state index contributed by atoms with van der Waals surface area (Å²) in [6, 6.07) is 20.4. The Morgan fingerprint density at radius 1 is 1.07 bits per heavy atom. The lowest BCUT2D eigenvalue weighted by Gasteiger charge is -2.16. The molecule has 1 amide bonds. The van der Waals surface area contributed by atoms with Crippen LogP contribution in [0.4, 0.5) is 21.5 Å². The van der Waals surface area contributed by atoms with Crippen LogP contribution in [-0.2, 0) is 11.4 Å². The summed E-state index contributed by atoms with van der Waals surface area (Å²) in [6.45, 7) is 2.35. The van der Waals surface area contributed by atoms with Crippen LogP contribution < -0.4 is 20.1 Å². The van der Waals surface area contributed by atoms with Gasteiger partial charge >= 0.3 is 0 Å². The molecule has 5 rings (SSSR count). The molecular formula is C33H25ClFN5O3. The van der Waals surface area contributed by atoms with Crippen molar-refractivity contribution in [1.82, 2.24) is 9.97 Å². The first-order chi connectivity index (χ1) is 20.9. The minimum absolute atomic E-state index is 0.145. The zero-order valence-electron chi connectivity index (χ0n) is 23.0. The van der Waals surface area contributed by atoms with Gasteiger partial charge in [0.15, 0.2) is 0 Å². The van der Waals surface area contributed by atoms with Gasteiger partial charge in [-0.05, 0) is 66.6 Å². The number of halogens is 2. The van der Waals surface area contributed by atoms with Gasteiger partial charge < -0.3 is 20.1 Å². The highest BCUT2D eigenvalue weighted by atomic mass is 35.5. The third kappa shape index (κ3) is 7.25. The van der Waals surface area contributed by atoms with Gasteiger partial charge in [-0.3, -0.25) is 14.8 Å². The minimum atomic E-state index is -0.372. The van der Waals surface area contributed by atoms with Crippen molar-refractivity contribution in [2.75, 3.05) is 17.2 Å². The molecule has 0 saturated heterocycles. The second kappa shape index (κ2) is 13.5. The van der Waals surface area contributed by atoms with E-state index in [4.69, 9.17) is 21.1 Å². The zero-order valence-corrected chi connectivity index (χ0v) is 23.7. The van der Waals surface area contributed by atoms with Crippen molar-refractivity contribution in [3.05, 3.63) is 119 Å². The summed E-state index contributed by atoms with van der Waals surface area (Å²) in [7, 11) is 0. The molecule has 3 aromatic carbocycles. The summed E-state index contributed by atoms with van der Waals surface area (Å²) in [4.78, 5) is 21.3. The molecule has 2 N–H and O–H groups in total. The lowest BCUT2D eigenvalue weighted by molar-refractivity contribution is -0.111. The predicted molar refractivity (Wildman–Crippen MR) is 165 cm³/mol. The van der Waals surface area contributed by atoms with E-state index in [2.05, 4.69) is 26.7 Å². The molecule has 10 heteroatoms. The highest BCUT2D eigenvalue weighted by molar-refractivity contribution is 6.32. The number of benzene rings is 3. The second-order valence-corrected chi connectivity index (χ2v) is 9.66. The molecule has 0 fully saturated rings. The number of hydrogen-bond donors (Lipinski definition) is 2. The van der Waals surface area contributed by atoms with Crippen LogP contribution in [0.15, 0.2) is 91.4 Å². The van der Waals surface area contributed by atoms with Gasteiger partial charge in [0.1, 0.15) is 30.0 Å². The molecule has 214 valence electrons. The van der Waals surface area contributed by atoms with Crippen molar-refractivity contribution in [3.63, 3.8) is 0 Å². The van der Waals surface area contributed by atoms with Crippen molar-refractivity contribution in [3.8, 4) is 17.6 Å². The van der Waals surface area contributed by atoms with Gasteiger partial charge in [-0.1, -0.05) is 29.8 Å². The molecule has 0 spiro atoms. The van der Waals surface area contributed by atoms with Crippen LogP contribution >= 0.6 is 11.6 Å². The first-order valence-corrected chi connectivity index (χ1v) is 13.6. The van der Waals surface area contributed by atoms with E-state index in [9.17, 15) is 14.4 Å². The van der Waals surface area contributed by atoms with Crippen molar-refractivity contribution in [2.45, 2.75) is 13.5 Å². The van der Waals surface area contributed by atoms with Crippen LogP contribution in [0.1, 0.15) is 23.6 Å². The Bertz CT molecular complexity index is 1860. The number of rotatable bonds is 10. The van der Waals surface area contributed by atoms with Crippen LogP contribution in [0.3, 0.4) is 0 Å². The molecule has 0 radical (unpaired) electrons. The second-order valence-electron chi connectivity index (χ2n) is 9.25. The highest BCUT2D eigenvalue weighted by Crippen LogP contribution is 2.37. The topological polar surface area (TPSA) is 109 Å². The molecule has 0 unspecified atom stereocenters. The summed E-state index contributed by atoms with van der Waals surface area (Å²) >= 11 is 6.51. The molecule has 8 nitrogen and oxygen atoms in total. The Kier molecular flexibility index (Phi) is 9.10. The third-order valence-electron chi connectivity index (χ3n) is 6.24. The van der Waals surface area contributed by atoms with Crippen LogP contribution in [0.5, 0.6) is 11.5 Å². The molecule has 0 aliphatic rings. The van der Waals surface area contributed by atoms with Gasteiger partial charge in [-0.25, -0.2) is 4.39 Å². The molecule has 0 saturated carbocycles. The number of aromatic nitrogens is 2. The van der Waals surface area contributed by atoms with E-state index < -0.39 is 0 Å². The number of hydrogen-bond acceptors (Lipinski definition) is 7. The Labute approximate surface area is 252 Å². The summed E-state index contributed by atoms with van der Waals surface area (Å²) in [5.74, 6) is 0.136. The van der Waals surface area contributed by atoms with Crippen LogP contribution in [0, 0.1) is 17.1 Å². The largest absolute Gasteiger partial charge is 0.492 e. The van der Waals surface area contributed by atoms with Crippen molar-refractivity contribution < 1.29 is 18.7 Å². The number of nitriles is 1. The molecule has 0 aliphatic heterocycles. The molecular weight excluding hydrogens is 569 g/mol. The smallest absolute Gasteiger partial charge is 0.248 e. The summed E-state index contributed by atoms with van der Waals surface area (Å²) in [5, 5.41) is 16.9. The predicted octanol–water partition coefficient (Wildman–Crippen LogP) is 7.67. The molecule has 2 aromatic heterocycles. The van der Waals surface area contributed by atoms with Gasteiger partial charge in [0, 0.05) is 41.8 Å². The molecule has 2 heterocycles. The maximum Gasteiger partial charge on any atom is 0.248 e. The van der Waals surface area contributed by atoms with E-state index in [-0.39, 0.29) is 23.9 Å². The summed E-state index contributed by atoms with van der Waals surface area (Å²) in [6.07, 6.45) is 7.82. The number of carbonyl (C=O) groups is 1. The fourth-order valence-electron chi connectivity index (χ4n) is 4.26. The van der Waals surface area contributed by atoms with Gasteiger partial charge in [-0.15, -0.1) is 0 Å². The molecule has 43 heavy (non-hydrogen) atoms. The van der Waals surface area contributed by atoms with E-state index in [1.165, 1.54) is 24.4 Å². The third-order valence-corrected chi connectivity index (χ3v) is 6.54. The molecule has 0 atom stereocenters. The van der Waals surface area contributed by atoms with E-state index in [0.29, 0.717) is 56.7 Å². The quantitative estimate of drug-likeness (QED) is 0.160. The monoisotopic (exact) mass is 593 g/mol. The van der Waals surface area contributed by atoms with E-state index in [1.807, 2.05) is 13.0 Å².